The van der Waals surface area contributed by atoms with Gasteiger partial charge in [0, 0.05) is 19.4 Å². The maximum absolute atomic E-state index is 12.7. The van der Waals surface area contributed by atoms with Crippen LogP contribution < -0.4 is 5.32 Å². The van der Waals surface area contributed by atoms with E-state index in [4.69, 9.17) is 9.15 Å². The quantitative estimate of drug-likeness (QED) is 0.364. The molecular formula is C22H19N3O4S. The highest BCUT2D eigenvalue weighted by Crippen LogP contribution is 2.26. The van der Waals surface area contributed by atoms with Crippen molar-refractivity contribution in [3.63, 3.8) is 0 Å². The van der Waals surface area contributed by atoms with Crippen LogP contribution in [0, 0.1) is 0 Å². The molecule has 0 spiro atoms. The number of aryl methyl sites for hydroxylation is 1. The largest absolute Gasteiger partial charge is 0.465 e. The maximum atomic E-state index is 12.7. The number of methoxy groups -OCH3 is 1. The second kappa shape index (κ2) is 8.46. The number of furan rings is 1. The molecule has 2 aromatic heterocycles. The molecule has 30 heavy (non-hydrogen) atoms. The number of hydrogen-bond donors (Lipinski definition) is 1. The number of benzene rings is 2. The minimum Gasteiger partial charge on any atom is -0.465 e. The van der Waals surface area contributed by atoms with Crippen LogP contribution in [0.15, 0.2) is 70.5 Å². The van der Waals surface area contributed by atoms with Crippen molar-refractivity contribution in [2.75, 3.05) is 12.4 Å². The second-order valence-electron chi connectivity index (χ2n) is 6.57. The summed E-state index contributed by atoms with van der Waals surface area (Å²) in [5.74, 6) is 0.391. The molecular weight excluding hydrogens is 402 g/mol. The van der Waals surface area contributed by atoms with Gasteiger partial charge >= 0.3 is 5.97 Å². The number of anilines is 1. The smallest absolute Gasteiger partial charge is 0.339 e. The molecule has 152 valence electrons. The van der Waals surface area contributed by atoms with Gasteiger partial charge in [0.05, 0.1) is 24.1 Å². The van der Waals surface area contributed by atoms with Gasteiger partial charge in [0.2, 0.25) is 0 Å². The normalized spacial score (nSPS) is 10.9. The molecule has 2 aromatic carbocycles. The Morgan fingerprint density at radius 1 is 1.17 bits per heavy atom. The van der Waals surface area contributed by atoms with Crippen LogP contribution >= 0.6 is 11.8 Å². The number of rotatable bonds is 6. The number of ether oxygens (including phenoxy) is 1. The fraction of sp³-hybridized carbons (Fsp3) is 0.136. The molecule has 0 fully saturated rings. The van der Waals surface area contributed by atoms with E-state index in [1.54, 1.807) is 30.5 Å². The Hall–Kier alpha value is -3.52. The first kappa shape index (κ1) is 19.8. The van der Waals surface area contributed by atoms with Gasteiger partial charge in [0.25, 0.3) is 5.91 Å². The molecule has 0 saturated carbocycles. The lowest BCUT2D eigenvalue weighted by atomic mass is 10.0. The highest BCUT2D eigenvalue weighted by atomic mass is 32.2. The van der Waals surface area contributed by atoms with Crippen molar-refractivity contribution in [3.05, 3.63) is 78.0 Å². The van der Waals surface area contributed by atoms with Gasteiger partial charge in [0.15, 0.2) is 10.9 Å². The number of hydrogen-bond acceptors (Lipinski definition) is 6. The van der Waals surface area contributed by atoms with Gasteiger partial charge in [-0.15, -0.1) is 0 Å². The minimum atomic E-state index is -0.525. The van der Waals surface area contributed by atoms with Crippen LogP contribution in [0.1, 0.15) is 26.7 Å². The second-order valence-corrected chi connectivity index (χ2v) is 7.51. The van der Waals surface area contributed by atoms with Crippen LogP contribution in [0.5, 0.6) is 0 Å². The molecule has 4 rings (SSSR count). The number of fused-ring (bicyclic) bond motifs is 1. The number of imidazole rings is 1. The summed E-state index contributed by atoms with van der Waals surface area (Å²) < 4.78 is 12.5. The fourth-order valence-corrected chi connectivity index (χ4v) is 3.84. The van der Waals surface area contributed by atoms with E-state index < -0.39 is 11.9 Å². The fourth-order valence-electron chi connectivity index (χ4n) is 3.01. The third-order valence-corrected chi connectivity index (χ3v) is 5.63. The molecule has 2 heterocycles. The summed E-state index contributed by atoms with van der Waals surface area (Å²) in [6.45, 7) is 0. The van der Waals surface area contributed by atoms with E-state index >= 15 is 0 Å². The molecule has 7 nitrogen and oxygen atoms in total. The Balaban J connectivity index is 1.53. The molecule has 0 aliphatic heterocycles. The zero-order valence-corrected chi connectivity index (χ0v) is 17.2. The van der Waals surface area contributed by atoms with E-state index in [9.17, 15) is 9.59 Å². The summed E-state index contributed by atoms with van der Waals surface area (Å²) >= 11 is 1.51. The van der Waals surface area contributed by atoms with Crippen LogP contribution in [0.25, 0.3) is 10.8 Å². The highest BCUT2D eigenvalue weighted by molar-refractivity contribution is 7.98. The molecule has 0 bridgehead atoms. The first-order chi connectivity index (χ1) is 14.5. The van der Waals surface area contributed by atoms with Gasteiger partial charge in [-0.1, -0.05) is 36.0 Å². The number of nitrogens with one attached hydrogen (secondary N) is 1. The Morgan fingerprint density at radius 3 is 2.63 bits per heavy atom. The van der Waals surface area contributed by atoms with Crippen LogP contribution in [0.2, 0.25) is 0 Å². The van der Waals surface area contributed by atoms with Crippen molar-refractivity contribution < 1.29 is 18.7 Å². The Kier molecular flexibility index (Phi) is 5.58. The summed E-state index contributed by atoms with van der Waals surface area (Å²) in [5, 5.41) is 5.40. The van der Waals surface area contributed by atoms with E-state index in [0.29, 0.717) is 17.2 Å². The molecule has 1 N–H and O–H groups in total. The van der Waals surface area contributed by atoms with Gasteiger partial charge in [-0.2, -0.15) is 0 Å². The lowest BCUT2D eigenvalue weighted by Gasteiger charge is -2.11. The van der Waals surface area contributed by atoms with Crippen LogP contribution in [0.4, 0.5) is 5.69 Å². The van der Waals surface area contributed by atoms with Gasteiger partial charge in [0.1, 0.15) is 5.76 Å². The summed E-state index contributed by atoms with van der Waals surface area (Å²) in [6, 6.07) is 14.4. The van der Waals surface area contributed by atoms with E-state index in [-0.39, 0.29) is 11.3 Å². The van der Waals surface area contributed by atoms with Crippen molar-refractivity contribution in [3.8, 4) is 0 Å². The summed E-state index contributed by atoms with van der Waals surface area (Å²) in [7, 11) is 3.22. The van der Waals surface area contributed by atoms with Gasteiger partial charge in [-0.05, 0) is 35.0 Å². The highest BCUT2D eigenvalue weighted by Gasteiger charge is 2.18. The van der Waals surface area contributed by atoms with Gasteiger partial charge in [-0.25, -0.2) is 9.78 Å². The molecule has 8 heteroatoms. The SMILES string of the molecule is COC(=O)c1cc2ccccc2cc1NC(=O)c1ccc(CSc2nccn2C)o1. The Morgan fingerprint density at radius 2 is 1.93 bits per heavy atom. The number of thioether (sulfide) groups is 1. The number of carbonyl (C=O) groups is 2. The van der Waals surface area contributed by atoms with Crippen LogP contribution in [0.3, 0.4) is 0 Å². The van der Waals surface area contributed by atoms with Crippen molar-refractivity contribution in [1.29, 1.82) is 0 Å². The molecule has 0 radical (unpaired) electrons. The third-order valence-electron chi connectivity index (χ3n) is 4.55. The summed E-state index contributed by atoms with van der Waals surface area (Å²) in [4.78, 5) is 29.2. The van der Waals surface area contributed by atoms with Crippen molar-refractivity contribution in [2.45, 2.75) is 10.9 Å². The van der Waals surface area contributed by atoms with E-state index in [0.717, 1.165) is 15.9 Å². The van der Waals surface area contributed by atoms with Gasteiger partial charge in [-0.3, -0.25) is 4.79 Å². The summed E-state index contributed by atoms with van der Waals surface area (Å²) in [5.41, 5.74) is 0.646. The van der Waals surface area contributed by atoms with E-state index in [2.05, 4.69) is 10.3 Å². The molecule has 0 unspecified atom stereocenters. The number of carbonyl (C=O) groups excluding carboxylic acids is 2. The number of nitrogens with zero attached hydrogens (tertiary/aromatic N) is 2. The zero-order chi connectivity index (χ0) is 21.1. The Labute approximate surface area is 177 Å². The van der Waals surface area contributed by atoms with Crippen LogP contribution in [-0.4, -0.2) is 28.5 Å². The minimum absolute atomic E-state index is 0.161. The predicted molar refractivity (Wildman–Crippen MR) is 115 cm³/mol. The van der Waals surface area contributed by atoms with Crippen molar-refractivity contribution in [1.82, 2.24) is 9.55 Å². The first-order valence-corrected chi connectivity index (χ1v) is 10.1. The number of esters is 1. The molecule has 0 saturated heterocycles. The third kappa shape index (κ3) is 4.08. The lowest BCUT2D eigenvalue weighted by molar-refractivity contribution is 0.0602. The molecule has 4 aromatic rings. The summed E-state index contributed by atoms with van der Waals surface area (Å²) in [6.07, 6.45) is 3.59. The topological polar surface area (TPSA) is 86.4 Å². The zero-order valence-electron chi connectivity index (χ0n) is 16.4. The van der Waals surface area contributed by atoms with Gasteiger partial charge < -0.3 is 19.0 Å². The van der Waals surface area contributed by atoms with E-state index in [1.807, 2.05) is 42.1 Å². The molecule has 0 aliphatic rings. The van der Waals surface area contributed by atoms with Crippen molar-refractivity contribution >= 4 is 40.1 Å². The first-order valence-electron chi connectivity index (χ1n) is 9.16. The lowest BCUT2D eigenvalue weighted by Crippen LogP contribution is -2.15. The molecule has 0 atom stereocenters. The Bertz CT molecular complexity index is 1230. The predicted octanol–water partition coefficient (Wildman–Crippen LogP) is 4.50. The average Bonchev–Trinajstić information content (AvgIpc) is 3.40. The molecule has 1 amide bonds. The number of aromatic nitrogens is 2. The number of amides is 1. The maximum Gasteiger partial charge on any atom is 0.339 e. The average molecular weight is 421 g/mol. The molecule has 0 aliphatic carbocycles. The standard InChI is InChI=1S/C22H19N3O4S/c1-25-10-9-23-22(25)30-13-16-7-8-19(29-16)20(26)24-18-12-15-6-4-3-5-14(15)11-17(18)21(27)28-2/h3-12H,13H2,1-2H3,(H,24,26). The van der Waals surface area contributed by atoms with Crippen LogP contribution in [-0.2, 0) is 17.5 Å². The van der Waals surface area contributed by atoms with E-state index in [1.165, 1.54) is 18.9 Å². The van der Waals surface area contributed by atoms with Crippen molar-refractivity contribution in [2.24, 2.45) is 7.05 Å². The monoisotopic (exact) mass is 421 g/mol.